The van der Waals surface area contributed by atoms with Gasteiger partial charge in [-0.05, 0) is 12.3 Å². The monoisotopic (exact) mass is 150 g/mol. The lowest BCUT2D eigenvalue weighted by Crippen LogP contribution is -2.32. The maximum atomic E-state index is 12.6. The van der Waals surface area contributed by atoms with Crippen LogP contribution in [0.5, 0.6) is 0 Å². The molecule has 0 radical (unpaired) electrons. The minimum absolute atomic E-state index is 0.307. The van der Waals surface area contributed by atoms with Gasteiger partial charge in [0.15, 0.2) is 0 Å². The summed E-state index contributed by atoms with van der Waals surface area (Å²) in [4.78, 5) is 0. The molecule has 0 N–H and O–H groups in total. The van der Waals surface area contributed by atoms with Crippen LogP contribution in [-0.2, 0) is 0 Å². The van der Waals surface area contributed by atoms with Gasteiger partial charge in [-0.15, -0.1) is 0 Å². The Bertz CT molecular complexity index is 91.4. The van der Waals surface area contributed by atoms with Gasteiger partial charge in [-0.25, -0.2) is 8.78 Å². The summed E-state index contributed by atoms with van der Waals surface area (Å²) in [7, 11) is 0. The van der Waals surface area contributed by atoms with Crippen molar-refractivity contribution >= 4 is 0 Å². The van der Waals surface area contributed by atoms with Crippen molar-refractivity contribution in [1.82, 2.24) is 0 Å². The zero-order valence-electron chi connectivity index (χ0n) is 7.33. The van der Waals surface area contributed by atoms with Crippen LogP contribution in [0.4, 0.5) is 8.78 Å². The number of alkyl halides is 2. The molecular weight excluding hydrogens is 134 g/mol. The molecule has 1 atom stereocenters. The van der Waals surface area contributed by atoms with Gasteiger partial charge in [0.1, 0.15) is 0 Å². The first-order valence-electron chi connectivity index (χ1n) is 3.53. The highest BCUT2D eigenvalue weighted by Crippen LogP contribution is 2.37. The quantitative estimate of drug-likeness (QED) is 0.538. The van der Waals surface area contributed by atoms with Gasteiger partial charge >= 0.3 is 0 Å². The van der Waals surface area contributed by atoms with Crippen molar-refractivity contribution in [2.75, 3.05) is 0 Å². The summed E-state index contributed by atoms with van der Waals surface area (Å²) in [6.45, 7) is 8.04. The zero-order chi connectivity index (χ0) is 8.58. The number of hydrogen-bond acceptors (Lipinski definition) is 0. The Morgan fingerprint density at radius 2 is 1.30 bits per heavy atom. The predicted octanol–water partition coefficient (Wildman–Crippen LogP) is 3.32. The first kappa shape index (κ1) is 9.86. The molecular formula is C8H16F2. The van der Waals surface area contributed by atoms with Crippen LogP contribution in [-0.4, -0.2) is 5.92 Å². The van der Waals surface area contributed by atoms with E-state index in [1.807, 2.05) is 20.8 Å². The largest absolute Gasteiger partial charge is 0.248 e. The van der Waals surface area contributed by atoms with Gasteiger partial charge in [0.05, 0.1) is 0 Å². The van der Waals surface area contributed by atoms with Crippen LogP contribution >= 0.6 is 0 Å². The second kappa shape index (κ2) is 2.48. The molecule has 0 aliphatic carbocycles. The molecule has 0 rings (SSSR count). The SMILES string of the molecule is CC(C(C)(C)C)C(C)(F)F. The first-order valence-corrected chi connectivity index (χ1v) is 3.53. The molecule has 0 fully saturated rings. The fourth-order valence-electron chi connectivity index (χ4n) is 0.760. The van der Waals surface area contributed by atoms with Gasteiger partial charge in [0, 0.05) is 5.92 Å². The third-order valence-electron chi connectivity index (χ3n) is 2.06. The molecule has 62 valence electrons. The lowest BCUT2D eigenvalue weighted by molar-refractivity contribution is -0.0730. The van der Waals surface area contributed by atoms with Gasteiger partial charge in [0.2, 0.25) is 5.92 Å². The summed E-state index contributed by atoms with van der Waals surface area (Å²) in [5.74, 6) is -3.13. The molecule has 0 saturated heterocycles. The highest BCUT2D eigenvalue weighted by atomic mass is 19.3. The average Bonchev–Trinajstić information content (AvgIpc) is 1.59. The predicted molar refractivity (Wildman–Crippen MR) is 39.2 cm³/mol. The summed E-state index contributed by atoms with van der Waals surface area (Å²) in [6, 6.07) is 0. The summed E-state index contributed by atoms with van der Waals surface area (Å²) in [5.41, 5.74) is -0.307. The Kier molecular flexibility index (Phi) is 2.44. The van der Waals surface area contributed by atoms with Gasteiger partial charge in [-0.1, -0.05) is 27.7 Å². The maximum absolute atomic E-state index is 12.6. The molecule has 2 heteroatoms. The number of halogens is 2. The van der Waals surface area contributed by atoms with Crippen molar-refractivity contribution in [2.24, 2.45) is 11.3 Å². The molecule has 0 amide bonds. The van der Waals surface area contributed by atoms with Gasteiger partial charge < -0.3 is 0 Å². The third-order valence-corrected chi connectivity index (χ3v) is 2.06. The summed E-state index contributed by atoms with van der Waals surface area (Å²) >= 11 is 0. The van der Waals surface area contributed by atoms with Crippen LogP contribution in [0.15, 0.2) is 0 Å². The van der Waals surface area contributed by atoms with Crippen LogP contribution in [0.2, 0.25) is 0 Å². The lowest BCUT2D eigenvalue weighted by atomic mass is 9.79. The van der Waals surface area contributed by atoms with E-state index in [2.05, 4.69) is 0 Å². The average molecular weight is 150 g/mol. The third kappa shape index (κ3) is 2.63. The second-order valence-electron chi connectivity index (χ2n) is 4.04. The molecule has 0 saturated carbocycles. The maximum Gasteiger partial charge on any atom is 0.248 e. The van der Waals surface area contributed by atoms with E-state index in [9.17, 15) is 8.78 Å². The van der Waals surface area contributed by atoms with E-state index >= 15 is 0 Å². The van der Waals surface area contributed by atoms with E-state index < -0.39 is 11.8 Å². The summed E-state index contributed by atoms with van der Waals surface area (Å²) < 4.78 is 25.2. The van der Waals surface area contributed by atoms with Crippen molar-refractivity contribution in [3.05, 3.63) is 0 Å². The first-order chi connectivity index (χ1) is 4.15. The van der Waals surface area contributed by atoms with Crippen LogP contribution in [0.1, 0.15) is 34.6 Å². The smallest absolute Gasteiger partial charge is 0.207 e. The molecule has 0 nitrogen and oxygen atoms in total. The van der Waals surface area contributed by atoms with E-state index in [0.29, 0.717) is 0 Å². The van der Waals surface area contributed by atoms with E-state index in [1.54, 1.807) is 6.92 Å². The molecule has 0 aliphatic heterocycles. The topological polar surface area (TPSA) is 0 Å². The Hall–Kier alpha value is -0.140. The van der Waals surface area contributed by atoms with Crippen molar-refractivity contribution in [3.8, 4) is 0 Å². The highest BCUT2D eigenvalue weighted by molar-refractivity contribution is 4.79. The van der Waals surface area contributed by atoms with E-state index in [0.717, 1.165) is 6.92 Å². The molecule has 0 aromatic carbocycles. The molecule has 0 spiro atoms. The zero-order valence-corrected chi connectivity index (χ0v) is 7.33. The Balaban J connectivity index is 4.23. The molecule has 0 aliphatic rings. The van der Waals surface area contributed by atoms with Crippen molar-refractivity contribution < 1.29 is 8.78 Å². The van der Waals surface area contributed by atoms with Gasteiger partial charge in [0.25, 0.3) is 0 Å². The summed E-state index contributed by atoms with van der Waals surface area (Å²) in [6.07, 6.45) is 0. The minimum atomic E-state index is -2.56. The van der Waals surface area contributed by atoms with Gasteiger partial charge in [-0.3, -0.25) is 0 Å². The standard InChI is InChI=1S/C8H16F2/c1-6(7(2,3)4)8(5,9)10/h6H,1-5H3. The molecule has 0 aromatic rings. The van der Waals surface area contributed by atoms with E-state index in [4.69, 9.17) is 0 Å². The molecule has 1 unspecified atom stereocenters. The number of hydrogen-bond donors (Lipinski definition) is 0. The number of rotatable bonds is 1. The lowest BCUT2D eigenvalue weighted by Gasteiger charge is -2.31. The van der Waals surface area contributed by atoms with Crippen molar-refractivity contribution in [3.63, 3.8) is 0 Å². The highest BCUT2D eigenvalue weighted by Gasteiger charge is 2.38. The van der Waals surface area contributed by atoms with Crippen molar-refractivity contribution in [1.29, 1.82) is 0 Å². The Morgan fingerprint density at radius 3 is 1.30 bits per heavy atom. The van der Waals surface area contributed by atoms with Crippen LogP contribution in [0, 0.1) is 11.3 Å². The fraction of sp³-hybridized carbons (Fsp3) is 1.00. The Labute approximate surface area is 61.6 Å². The normalized spacial score (nSPS) is 17.1. The Morgan fingerprint density at radius 1 is 1.00 bits per heavy atom. The summed E-state index contributed by atoms with van der Waals surface area (Å²) in [5, 5.41) is 0. The van der Waals surface area contributed by atoms with E-state index in [-0.39, 0.29) is 5.41 Å². The minimum Gasteiger partial charge on any atom is -0.207 e. The van der Waals surface area contributed by atoms with Crippen LogP contribution < -0.4 is 0 Å². The van der Waals surface area contributed by atoms with Crippen LogP contribution in [0.3, 0.4) is 0 Å². The van der Waals surface area contributed by atoms with E-state index in [1.165, 1.54) is 0 Å². The van der Waals surface area contributed by atoms with Crippen LogP contribution in [0.25, 0.3) is 0 Å². The molecule has 0 heterocycles. The second-order valence-corrected chi connectivity index (χ2v) is 4.04. The molecule has 0 aromatic heterocycles. The molecule has 0 bridgehead atoms. The van der Waals surface area contributed by atoms with Crippen molar-refractivity contribution in [2.45, 2.75) is 40.5 Å². The fourth-order valence-corrected chi connectivity index (χ4v) is 0.760. The van der Waals surface area contributed by atoms with Gasteiger partial charge in [-0.2, -0.15) is 0 Å². The molecule has 10 heavy (non-hydrogen) atoms.